The number of phenols is 1. The Morgan fingerprint density at radius 2 is 1.89 bits per heavy atom. The van der Waals surface area contributed by atoms with Crippen LogP contribution in [0.5, 0.6) is 5.75 Å². The van der Waals surface area contributed by atoms with Crippen LogP contribution in [0.1, 0.15) is 22.3 Å². The number of rotatable bonds is 5. The zero-order valence-electron chi connectivity index (χ0n) is 14.8. The first kappa shape index (κ1) is 20.0. The predicted octanol–water partition coefficient (Wildman–Crippen LogP) is 1.09. The molecule has 1 heterocycles. The monoisotopic (exact) mass is 425 g/mol. The van der Waals surface area contributed by atoms with Gasteiger partial charge in [0.2, 0.25) is 15.9 Å². The first-order valence-electron chi connectivity index (χ1n) is 8.09. The molecule has 2 aromatic carbocycles. The van der Waals surface area contributed by atoms with Crippen molar-refractivity contribution in [3.63, 3.8) is 0 Å². The topological polar surface area (TPSA) is 150 Å². The summed E-state index contributed by atoms with van der Waals surface area (Å²) in [4.78, 5) is 0. The largest absolute Gasteiger partial charge is 0.506 e. The molecular weight excluding hydrogens is 406 g/mol. The van der Waals surface area contributed by atoms with Gasteiger partial charge in [-0.3, -0.25) is 0 Å². The predicted molar refractivity (Wildman–Crippen MR) is 104 cm³/mol. The molecule has 0 saturated heterocycles. The average Bonchev–Trinajstić information content (AvgIpc) is 2.82. The molecule has 1 aliphatic heterocycles. The number of anilines is 1. The van der Waals surface area contributed by atoms with Gasteiger partial charge in [0.05, 0.1) is 12.0 Å². The van der Waals surface area contributed by atoms with E-state index in [1.54, 1.807) is 31.2 Å². The molecule has 0 spiro atoms. The number of benzene rings is 2. The van der Waals surface area contributed by atoms with Gasteiger partial charge in [0.15, 0.2) is 0 Å². The number of primary sulfonamides is 1. The number of sulfonamides is 1. The first-order valence-corrected chi connectivity index (χ1v) is 11.2. The molecule has 0 unspecified atom stereocenters. The van der Waals surface area contributed by atoms with Gasteiger partial charge in [0, 0.05) is 0 Å². The maximum Gasteiger partial charge on any atom is 0.330 e. The van der Waals surface area contributed by atoms with Crippen LogP contribution in [0.15, 0.2) is 48.5 Å². The summed E-state index contributed by atoms with van der Waals surface area (Å²) in [6.45, 7) is 1.79. The SMILES string of the molecule is Cc1cccc(Cc2ccc(N3C=C(O)NS3(=O)=O)c(O)c2)c1CS(N)(=O)=O. The van der Waals surface area contributed by atoms with E-state index in [4.69, 9.17) is 5.14 Å². The fourth-order valence-corrected chi connectivity index (χ4v) is 4.89. The molecule has 150 valence electrons. The second-order valence-electron chi connectivity index (χ2n) is 6.44. The van der Waals surface area contributed by atoms with Crippen LogP contribution in [0.4, 0.5) is 5.69 Å². The van der Waals surface area contributed by atoms with E-state index < -0.39 is 26.1 Å². The van der Waals surface area contributed by atoms with Crippen LogP contribution in [0, 0.1) is 6.92 Å². The summed E-state index contributed by atoms with van der Waals surface area (Å²) in [6.07, 6.45) is 1.25. The number of aromatic hydroxyl groups is 1. The normalized spacial score (nSPS) is 15.9. The number of aliphatic hydroxyl groups is 1. The zero-order chi connectivity index (χ0) is 20.7. The van der Waals surface area contributed by atoms with Crippen molar-refractivity contribution in [1.82, 2.24) is 4.72 Å². The lowest BCUT2D eigenvalue weighted by molar-refractivity contribution is 0.392. The molecular formula is C17H19N3O6S2. The standard InChI is InChI=1S/C17H19N3O6S2/c1-11-3-2-4-13(14(11)10-27(18,23)24)7-12-5-6-15(16(21)8-12)20-9-17(22)19-28(20,25)26/h2-6,8-9,19,21-22H,7,10H2,1H3,(H2,18,23,24). The molecule has 0 radical (unpaired) electrons. The Kier molecular flexibility index (Phi) is 5.00. The van der Waals surface area contributed by atoms with E-state index in [2.05, 4.69) is 0 Å². The number of nitrogens with zero attached hydrogens (tertiary/aromatic N) is 1. The Balaban J connectivity index is 1.94. The molecule has 0 aliphatic carbocycles. The van der Waals surface area contributed by atoms with Gasteiger partial charge in [-0.1, -0.05) is 24.3 Å². The lowest BCUT2D eigenvalue weighted by Crippen LogP contribution is -2.29. The number of nitrogens with two attached hydrogens (primary N) is 1. The Hall–Kier alpha value is -2.76. The zero-order valence-corrected chi connectivity index (χ0v) is 16.5. The Labute approximate surface area is 163 Å². The van der Waals surface area contributed by atoms with Crippen LogP contribution in [-0.2, 0) is 32.4 Å². The second-order valence-corrected chi connectivity index (χ2v) is 9.60. The summed E-state index contributed by atoms with van der Waals surface area (Å²) < 4.78 is 49.6. The van der Waals surface area contributed by atoms with Crippen molar-refractivity contribution in [3.05, 3.63) is 70.7 Å². The third-order valence-electron chi connectivity index (χ3n) is 4.26. The van der Waals surface area contributed by atoms with Crippen molar-refractivity contribution in [2.45, 2.75) is 19.1 Å². The van der Waals surface area contributed by atoms with Crippen LogP contribution in [0.2, 0.25) is 0 Å². The Morgan fingerprint density at radius 1 is 1.18 bits per heavy atom. The molecule has 0 fully saturated rings. The highest BCUT2D eigenvalue weighted by molar-refractivity contribution is 7.91. The molecule has 0 amide bonds. The van der Waals surface area contributed by atoms with Crippen molar-refractivity contribution in [1.29, 1.82) is 0 Å². The summed E-state index contributed by atoms with van der Waals surface area (Å²) >= 11 is 0. The van der Waals surface area contributed by atoms with Gasteiger partial charge in [0.25, 0.3) is 0 Å². The first-order chi connectivity index (χ1) is 13.0. The number of aryl methyl sites for hydroxylation is 1. The minimum atomic E-state index is -4.02. The number of nitrogens with one attached hydrogen (secondary N) is 1. The highest BCUT2D eigenvalue weighted by Gasteiger charge is 2.30. The third kappa shape index (κ3) is 4.21. The molecule has 0 aromatic heterocycles. The third-order valence-corrected chi connectivity index (χ3v) is 6.23. The highest BCUT2D eigenvalue weighted by atomic mass is 32.2. The van der Waals surface area contributed by atoms with Crippen molar-refractivity contribution in [2.75, 3.05) is 4.31 Å². The second kappa shape index (κ2) is 7.00. The summed E-state index contributed by atoms with van der Waals surface area (Å²) in [5.41, 5.74) is 2.71. The fourth-order valence-electron chi connectivity index (χ4n) is 3.01. The van der Waals surface area contributed by atoms with Gasteiger partial charge in [0.1, 0.15) is 11.4 Å². The van der Waals surface area contributed by atoms with E-state index in [9.17, 15) is 27.0 Å². The summed E-state index contributed by atoms with van der Waals surface area (Å²) in [6, 6.07) is 9.74. The van der Waals surface area contributed by atoms with Crippen LogP contribution >= 0.6 is 0 Å². The molecule has 9 nitrogen and oxygen atoms in total. The number of hydrogen-bond donors (Lipinski definition) is 4. The molecule has 0 atom stereocenters. The van der Waals surface area contributed by atoms with Crippen molar-refractivity contribution >= 4 is 25.9 Å². The Bertz CT molecular complexity index is 1170. The quantitative estimate of drug-likeness (QED) is 0.563. The Morgan fingerprint density at radius 3 is 2.46 bits per heavy atom. The lowest BCUT2D eigenvalue weighted by Gasteiger charge is -2.17. The lowest BCUT2D eigenvalue weighted by atomic mass is 9.97. The summed E-state index contributed by atoms with van der Waals surface area (Å²) in [5, 5.41) is 24.9. The minimum Gasteiger partial charge on any atom is -0.506 e. The highest BCUT2D eigenvalue weighted by Crippen LogP contribution is 2.33. The van der Waals surface area contributed by atoms with Gasteiger partial charge in [-0.15, -0.1) is 0 Å². The van der Waals surface area contributed by atoms with Gasteiger partial charge in [-0.2, -0.15) is 8.42 Å². The molecule has 5 N–H and O–H groups in total. The molecule has 28 heavy (non-hydrogen) atoms. The molecule has 2 aromatic rings. The molecule has 3 rings (SSSR count). The molecule has 0 saturated carbocycles. The number of aliphatic hydroxyl groups excluding tert-OH is 1. The smallest absolute Gasteiger partial charge is 0.330 e. The van der Waals surface area contributed by atoms with E-state index in [0.717, 1.165) is 21.6 Å². The van der Waals surface area contributed by atoms with Gasteiger partial charge < -0.3 is 10.2 Å². The van der Waals surface area contributed by atoms with E-state index in [-0.39, 0.29) is 17.2 Å². The van der Waals surface area contributed by atoms with Crippen molar-refractivity contribution in [3.8, 4) is 5.75 Å². The molecule has 1 aliphatic rings. The van der Waals surface area contributed by atoms with E-state index in [1.807, 2.05) is 4.72 Å². The average molecular weight is 425 g/mol. The van der Waals surface area contributed by atoms with Crippen molar-refractivity contribution in [2.24, 2.45) is 5.14 Å². The maximum atomic E-state index is 11.9. The fraction of sp³-hybridized carbons (Fsp3) is 0.176. The van der Waals surface area contributed by atoms with Crippen LogP contribution in [0.25, 0.3) is 0 Å². The van der Waals surface area contributed by atoms with E-state index in [1.165, 1.54) is 12.1 Å². The minimum absolute atomic E-state index is 0.0331. The molecule has 11 heteroatoms. The maximum absolute atomic E-state index is 11.9. The molecule has 0 bridgehead atoms. The van der Waals surface area contributed by atoms with Crippen LogP contribution in [-0.4, -0.2) is 27.0 Å². The summed E-state index contributed by atoms with van der Waals surface area (Å²) in [5.74, 6) is -1.17. The van der Waals surface area contributed by atoms with Gasteiger partial charge >= 0.3 is 10.2 Å². The van der Waals surface area contributed by atoms with Crippen LogP contribution in [0.3, 0.4) is 0 Å². The summed E-state index contributed by atoms with van der Waals surface area (Å²) in [7, 11) is -7.73. The number of hydrogen-bond acceptors (Lipinski definition) is 6. The van der Waals surface area contributed by atoms with Crippen molar-refractivity contribution < 1.29 is 27.0 Å². The van der Waals surface area contributed by atoms with Gasteiger partial charge in [-0.25, -0.2) is 22.6 Å². The number of phenolic OH excluding ortho intramolecular Hbond substituents is 1. The van der Waals surface area contributed by atoms with Gasteiger partial charge in [-0.05, 0) is 47.7 Å². The van der Waals surface area contributed by atoms with Crippen LogP contribution < -0.4 is 14.2 Å². The van der Waals surface area contributed by atoms with E-state index in [0.29, 0.717) is 17.5 Å². The van der Waals surface area contributed by atoms with E-state index >= 15 is 0 Å².